The van der Waals surface area contributed by atoms with Crippen molar-refractivity contribution in [2.75, 3.05) is 57.0 Å². The molecule has 0 bridgehead atoms. The van der Waals surface area contributed by atoms with Crippen molar-refractivity contribution in [1.29, 1.82) is 0 Å². The van der Waals surface area contributed by atoms with Crippen LogP contribution in [0.15, 0.2) is 23.5 Å². The summed E-state index contributed by atoms with van der Waals surface area (Å²) in [5.74, 6) is 1.81. The van der Waals surface area contributed by atoms with E-state index in [9.17, 15) is 0 Å². The lowest BCUT2D eigenvalue weighted by Crippen LogP contribution is -2.48. The Morgan fingerprint density at radius 2 is 2.00 bits per heavy atom. The molecule has 0 amide bonds. The van der Waals surface area contributed by atoms with Crippen molar-refractivity contribution >= 4 is 23.7 Å². The Kier molecular flexibility index (Phi) is 8.01. The van der Waals surface area contributed by atoms with E-state index in [-0.39, 0.29) is 0 Å². The van der Waals surface area contributed by atoms with Crippen LogP contribution in [-0.2, 0) is 0 Å². The topological polar surface area (TPSA) is 68.7 Å². The Morgan fingerprint density at radius 3 is 2.67 bits per heavy atom. The number of guanidine groups is 1. The van der Waals surface area contributed by atoms with E-state index in [1.165, 1.54) is 19.3 Å². The molecular formula is C19H33N7S. The van der Waals surface area contributed by atoms with Gasteiger partial charge in [-0.25, -0.2) is 9.97 Å². The summed E-state index contributed by atoms with van der Waals surface area (Å²) >= 11 is 1.99. The first-order chi connectivity index (χ1) is 13.3. The maximum atomic E-state index is 4.81. The SMILES string of the molecule is CCNC(=NCCN1CCN(c2ncccn2)CC1)NC1CCC(SC)C1. The van der Waals surface area contributed by atoms with Crippen molar-refractivity contribution in [3.05, 3.63) is 18.5 Å². The summed E-state index contributed by atoms with van der Waals surface area (Å²) in [4.78, 5) is 18.2. The predicted octanol–water partition coefficient (Wildman–Crippen LogP) is 1.44. The van der Waals surface area contributed by atoms with Gasteiger partial charge in [0, 0.05) is 63.0 Å². The highest BCUT2D eigenvalue weighted by molar-refractivity contribution is 7.99. The van der Waals surface area contributed by atoms with Gasteiger partial charge in [0.15, 0.2) is 5.96 Å². The van der Waals surface area contributed by atoms with E-state index in [0.717, 1.165) is 63.0 Å². The molecule has 3 rings (SSSR count). The monoisotopic (exact) mass is 391 g/mol. The van der Waals surface area contributed by atoms with Crippen molar-refractivity contribution in [3.8, 4) is 0 Å². The number of nitrogens with zero attached hydrogens (tertiary/aromatic N) is 5. The number of rotatable bonds is 7. The third-order valence-corrected chi connectivity index (χ3v) is 6.39. The molecule has 27 heavy (non-hydrogen) atoms. The fourth-order valence-corrected chi connectivity index (χ4v) is 4.52. The number of hydrogen-bond acceptors (Lipinski definition) is 6. The van der Waals surface area contributed by atoms with Gasteiger partial charge < -0.3 is 15.5 Å². The average molecular weight is 392 g/mol. The molecule has 2 heterocycles. The van der Waals surface area contributed by atoms with Gasteiger partial charge in [0.1, 0.15) is 0 Å². The van der Waals surface area contributed by atoms with E-state index in [1.54, 1.807) is 0 Å². The van der Waals surface area contributed by atoms with Crippen molar-refractivity contribution in [2.24, 2.45) is 4.99 Å². The number of anilines is 1. The smallest absolute Gasteiger partial charge is 0.225 e. The van der Waals surface area contributed by atoms with Gasteiger partial charge in [0.2, 0.25) is 5.95 Å². The van der Waals surface area contributed by atoms with Crippen LogP contribution in [0.5, 0.6) is 0 Å². The molecule has 150 valence electrons. The molecule has 1 saturated heterocycles. The molecule has 2 atom stereocenters. The van der Waals surface area contributed by atoms with Crippen LogP contribution in [0.2, 0.25) is 0 Å². The minimum atomic E-state index is 0.565. The Hall–Kier alpha value is -1.54. The van der Waals surface area contributed by atoms with Crippen LogP contribution in [0.1, 0.15) is 26.2 Å². The normalized spacial score (nSPS) is 24.2. The summed E-state index contributed by atoms with van der Waals surface area (Å²) in [6.07, 6.45) is 9.65. The lowest BCUT2D eigenvalue weighted by Gasteiger charge is -2.34. The van der Waals surface area contributed by atoms with Crippen LogP contribution in [0.4, 0.5) is 5.95 Å². The highest BCUT2D eigenvalue weighted by Gasteiger charge is 2.24. The Balaban J connectivity index is 1.40. The quantitative estimate of drug-likeness (QED) is 0.538. The summed E-state index contributed by atoms with van der Waals surface area (Å²) in [5.41, 5.74) is 0. The van der Waals surface area contributed by atoms with Crippen LogP contribution in [-0.4, -0.2) is 84.2 Å². The summed E-state index contributed by atoms with van der Waals surface area (Å²) in [6, 6.07) is 2.43. The zero-order chi connectivity index (χ0) is 18.9. The zero-order valence-corrected chi connectivity index (χ0v) is 17.4. The largest absolute Gasteiger partial charge is 0.357 e. The van der Waals surface area contributed by atoms with Gasteiger partial charge in [-0.3, -0.25) is 9.89 Å². The van der Waals surface area contributed by atoms with Gasteiger partial charge in [-0.2, -0.15) is 11.8 Å². The molecule has 0 spiro atoms. The molecule has 2 aliphatic rings. The van der Waals surface area contributed by atoms with Gasteiger partial charge in [0.25, 0.3) is 0 Å². The number of piperazine rings is 1. The second kappa shape index (κ2) is 10.7. The van der Waals surface area contributed by atoms with Crippen molar-refractivity contribution in [3.63, 3.8) is 0 Å². The fourth-order valence-electron chi connectivity index (χ4n) is 3.73. The van der Waals surface area contributed by atoms with Gasteiger partial charge in [-0.15, -0.1) is 0 Å². The predicted molar refractivity (Wildman–Crippen MR) is 115 cm³/mol. The lowest BCUT2D eigenvalue weighted by atomic mass is 10.2. The second-order valence-electron chi connectivity index (χ2n) is 7.15. The van der Waals surface area contributed by atoms with Crippen molar-refractivity contribution in [1.82, 2.24) is 25.5 Å². The minimum absolute atomic E-state index is 0.565. The van der Waals surface area contributed by atoms with E-state index in [4.69, 9.17) is 4.99 Å². The van der Waals surface area contributed by atoms with Crippen LogP contribution < -0.4 is 15.5 Å². The van der Waals surface area contributed by atoms with E-state index < -0.39 is 0 Å². The maximum Gasteiger partial charge on any atom is 0.225 e. The second-order valence-corrected chi connectivity index (χ2v) is 8.29. The molecule has 2 N–H and O–H groups in total. The fraction of sp³-hybridized carbons (Fsp3) is 0.737. The molecule has 2 unspecified atom stereocenters. The molecule has 1 saturated carbocycles. The van der Waals surface area contributed by atoms with Gasteiger partial charge >= 0.3 is 0 Å². The average Bonchev–Trinajstić information content (AvgIpc) is 3.17. The number of aliphatic imine (C=N–C) groups is 1. The molecule has 1 aromatic heterocycles. The van der Waals surface area contributed by atoms with Crippen LogP contribution in [0.25, 0.3) is 0 Å². The molecule has 1 aromatic rings. The Bertz CT molecular complexity index is 575. The minimum Gasteiger partial charge on any atom is -0.357 e. The first kappa shape index (κ1) is 20.2. The molecule has 0 radical (unpaired) electrons. The lowest BCUT2D eigenvalue weighted by molar-refractivity contribution is 0.263. The van der Waals surface area contributed by atoms with Gasteiger partial charge in [-0.05, 0) is 38.5 Å². The maximum absolute atomic E-state index is 4.81. The highest BCUT2D eigenvalue weighted by Crippen LogP contribution is 2.28. The number of nitrogens with one attached hydrogen (secondary N) is 2. The van der Waals surface area contributed by atoms with E-state index in [2.05, 4.69) is 43.6 Å². The van der Waals surface area contributed by atoms with Crippen LogP contribution in [0, 0.1) is 0 Å². The Morgan fingerprint density at radius 1 is 1.22 bits per heavy atom. The zero-order valence-electron chi connectivity index (χ0n) is 16.6. The number of thioether (sulfide) groups is 1. The van der Waals surface area contributed by atoms with Crippen LogP contribution in [0.3, 0.4) is 0 Å². The number of hydrogen-bond donors (Lipinski definition) is 2. The molecule has 0 aromatic carbocycles. The molecule has 7 nitrogen and oxygen atoms in total. The summed E-state index contributed by atoms with van der Waals surface area (Å²) in [6.45, 7) is 8.88. The molecule has 1 aliphatic heterocycles. The summed E-state index contributed by atoms with van der Waals surface area (Å²) in [5, 5.41) is 7.83. The van der Waals surface area contributed by atoms with Crippen molar-refractivity contribution < 1.29 is 0 Å². The molecule has 1 aliphatic carbocycles. The van der Waals surface area contributed by atoms with E-state index in [1.807, 2.05) is 30.2 Å². The number of aromatic nitrogens is 2. The summed E-state index contributed by atoms with van der Waals surface area (Å²) < 4.78 is 0. The molecular weight excluding hydrogens is 358 g/mol. The van der Waals surface area contributed by atoms with E-state index >= 15 is 0 Å². The third kappa shape index (κ3) is 6.24. The molecule has 2 fully saturated rings. The Labute approximate surface area is 167 Å². The third-order valence-electron chi connectivity index (χ3n) is 5.30. The first-order valence-corrected chi connectivity index (χ1v) is 11.4. The van der Waals surface area contributed by atoms with Gasteiger partial charge in [0.05, 0.1) is 6.54 Å². The van der Waals surface area contributed by atoms with E-state index in [0.29, 0.717) is 6.04 Å². The van der Waals surface area contributed by atoms with Crippen LogP contribution >= 0.6 is 11.8 Å². The van der Waals surface area contributed by atoms with Gasteiger partial charge in [-0.1, -0.05) is 0 Å². The van der Waals surface area contributed by atoms with Crippen molar-refractivity contribution in [2.45, 2.75) is 37.5 Å². The highest BCUT2D eigenvalue weighted by atomic mass is 32.2. The standard InChI is InChI=1S/C19H33N7S/c1-3-20-18(24-16-5-6-17(15-16)27-2)21-9-10-25-11-13-26(14-12-25)19-22-7-4-8-23-19/h4,7-8,16-17H,3,5-6,9-15H2,1-2H3,(H2,20,21,24). The first-order valence-electron chi connectivity index (χ1n) is 10.1. The molecule has 8 heteroatoms. The summed E-state index contributed by atoms with van der Waals surface area (Å²) in [7, 11) is 0.